The van der Waals surface area contributed by atoms with Gasteiger partial charge in [0.15, 0.2) is 5.13 Å². The van der Waals surface area contributed by atoms with E-state index in [1.807, 2.05) is 0 Å². The summed E-state index contributed by atoms with van der Waals surface area (Å²) in [5.41, 5.74) is 1.17. The Kier molecular flexibility index (Phi) is 3.86. The maximum absolute atomic E-state index is 12.0. The summed E-state index contributed by atoms with van der Waals surface area (Å²) >= 11 is 8.72. The van der Waals surface area contributed by atoms with Crippen molar-refractivity contribution in [3.63, 3.8) is 0 Å². The molecule has 1 aliphatic carbocycles. The Bertz CT molecular complexity index is 582. The van der Waals surface area contributed by atoms with Crippen LogP contribution < -0.4 is 5.32 Å². The lowest BCUT2D eigenvalue weighted by Gasteiger charge is -1.98. The Morgan fingerprint density at radius 3 is 2.84 bits per heavy atom. The lowest BCUT2D eigenvalue weighted by atomic mass is 10.2. The van der Waals surface area contributed by atoms with E-state index in [9.17, 15) is 4.79 Å². The lowest BCUT2D eigenvalue weighted by molar-refractivity contribution is 0.103. The van der Waals surface area contributed by atoms with Crippen molar-refractivity contribution in [2.24, 2.45) is 0 Å². The number of nitrogens with one attached hydrogen (secondary N) is 1. The van der Waals surface area contributed by atoms with Crippen LogP contribution >= 0.6 is 34.3 Å². The highest BCUT2D eigenvalue weighted by molar-refractivity contribution is 7.18. The summed E-state index contributed by atoms with van der Waals surface area (Å²) in [6.45, 7) is 0. The topological polar surface area (TPSA) is 42.0 Å². The normalized spacial score (nSPS) is 14.8. The molecular formula is C13H13ClN2OS2. The van der Waals surface area contributed by atoms with Crippen molar-refractivity contribution in [3.05, 3.63) is 31.9 Å². The van der Waals surface area contributed by atoms with Crippen molar-refractivity contribution in [1.82, 2.24) is 4.98 Å². The molecule has 3 rings (SSSR count). The number of aryl methyl sites for hydroxylation is 2. The van der Waals surface area contributed by atoms with E-state index in [0.717, 1.165) is 12.8 Å². The largest absolute Gasteiger partial charge is 0.297 e. The predicted molar refractivity (Wildman–Crippen MR) is 80.7 cm³/mol. The van der Waals surface area contributed by atoms with Crippen molar-refractivity contribution in [3.8, 4) is 0 Å². The van der Waals surface area contributed by atoms with Gasteiger partial charge in [-0.3, -0.25) is 10.1 Å². The van der Waals surface area contributed by atoms with Gasteiger partial charge in [0.2, 0.25) is 0 Å². The van der Waals surface area contributed by atoms with E-state index in [4.69, 9.17) is 11.6 Å². The molecular weight excluding hydrogens is 300 g/mol. The number of carbonyl (C=O) groups excluding carboxylic acids is 1. The van der Waals surface area contributed by atoms with Crippen LogP contribution in [0.2, 0.25) is 4.34 Å². The Labute approximate surface area is 124 Å². The zero-order chi connectivity index (χ0) is 13.2. The van der Waals surface area contributed by atoms with Gasteiger partial charge in [-0.15, -0.1) is 22.7 Å². The zero-order valence-electron chi connectivity index (χ0n) is 10.2. The van der Waals surface area contributed by atoms with E-state index in [1.165, 1.54) is 41.2 Å². The average Bonchev–Trinajstić information content (AvgIpc) is 2.91. The van der Waals surface area contributed by atoms with Crippen LogP contribution in [0.5, 0.6) is 0 Å². The first-order valence-electron chi connectivity index (χ1n) is 6.27. The quantitative estimate of drug-likeness (QED) is 0.836. The summed E-state index contributed by atoms with van der Waals surface area (Å²) in [4.78, 5) is 18.5. The fourth-order valence-electron chi connectivity index (χ4n) is 2.18. The lowest BCUT2D eigenvalue weighted by Crippen LogP contribution is -2.09. The van der Waals surface area contributed by atoms with Crippen molar-refractivity contribution < 1.29 is 4.79 Å². The van der Waals surface area contributed by atoms with E-state index >= 15 is 0 Å². The van der Waals surface area contributed by atoms with Gasteiger partial charge in [0.25, 0.3) is 5.91 Å². The van der Waals surface area contributed by atoms with Gasteiger partial charge in [-0.25, -0.2) is 4.98 Å². The molecule has 2 heterocycles. The number of halogens is 1. The molecule has 0 radical (unpaired) electrons. The molecule has 0 unspecified atom stereocenters. The van der Waals surface area contributed by atoms with Crippen molar-refractivity contribution in [2.45, 2.75) is 32.1 Å². The van der Waals surface area contributed by atoms with Crippen molar-refractivity contribution >= 4 is 45.3 Å². The average molecular weight is 313 g/mol. The van der Waals surface area contributed by atoms with Crippen LogP contribution in [0, 0.1) is 0 Å². The molecule has 0 spiro atoms. The van der Waals surface area contributed by atoms with Gasteiger partial charge in [0.1, 0.15) is 0 Å². The number of amides is 1. The number of aromatic nitrogens is 1. The molecule has 0 atom stereocenters. The molecule has 0 saturated heterocycles. The second-order valence-electron chi connectivity index (χ2n) is 4.51. The zero-order valence-corrected chi connectivity index (χ0v) is 12.6. The molecule has 19 heavy (non-hydrogen) atoms. The van der Waals surface area contributed by atoms with Gasteiger partial charge in [-0.1, -0.05) is 18.0 Å². The summed E-state index contributed by atoms with van der Waals surface area (Å²) in [5.74, 6) is -0.124. The Morgan fingerprint density at radius 2 is 2.05 bits per heavy atom. The molecule has 2 aromatic rings. The van der Waals surface area contributed by atoms with Crippen LogP contribution in [0.15, 0.2) is 12.1 Å². The molecule has 1 N–H and O–H groups in total. The number of carbonyl (C=O) groups is 1. The van der Waals surface area contributed by atoms with Gasteiger partial charge in [0.05, 0.1) is 14.9 Å². The smallest absolute Gasteiger partial charge is 0.267 e. The molecule has 3 nitrogen and oxygen atoms in total. The number of hydrogen-bond acceptors (Lipinski definition) is 4. The van der Waals surface area contributed by atoms with Crippen LogP contribution in [-0.2, 0) is 12.8 Å². The number of thiazole rings is 1. The van der Waals surface area contributed by atoms with Gasteiger partial charge < -0.3 is 0 Å². The fraction of sp³-hybridized carbons (Fsp3) is 0.385. The molecule has 6 heteroatoms. The minimum absolute atomic E-state index is 0.124. The third kappa shape index (κ3) is 2.99. The summed E-state index contributed by atoms with van der Waals surface area (Å²) in [6, 6.07) is 3.47. The highest BCUT2D eigenvalue weighted by atomic mass is 35.5. The number of hydrogen-bond donors (Lipinski definition) is 1. The third-order valence-corrected chi connectivity index (χ3v) is 5.42. The van der Waals surface area contributed by atoms with Crippen LogP contribution in [0.25, 0.3) is 0 Å². The molecule has 2 aromatic heterocycles. The van der Waals surface area contributed by atoms with Crippen LogP contribution in [0.1, 0.15) is 39.5 Å². The monoisotopic (exact) mass is 312 g/mol. The van der Waals surface area contributed by atoms with E-state index in [2.05, 4.69) is 10.3 Å². The van der Waals surface area contributed by atoms with Gasteiger partial charge in [0, 0.05) is 4.88 Å². The van der Waals surface area contributed by atoms with Crippen molar-refractivity contribution in [1.29, 1.82) is 0 Å². The minimum Gasteiger partial charge on any atom is -0.297 e. The standard InChI is InChI=1S/C13H13ClN2OS2/c14-11-7-6-10(18-11)12(17)16-13-15-8-4-2-1-3-5-9(8)19-13/h6-7H,1-5H2,(H,15,16,17). The van der Waals surface area contributed by atoms with Gasteiger partial charge >= 0.3 is 0 Å². The van der Waals surface area contributed by atoms with E-state index < -0.39 is 0 Å². The number of thiophene rings is 1. The van der Waals surface area contributed by atoms with E-state index in [0.29, 0.717) is 14.3 Å². The molecule has 0 aromatic carbocycles. The van der Waals surface area contributed by atoms with Crippen LogP contribution in [-0.4, -0.2) is 10.9 Å². The number of fused-ring (bicyclic) bond motifs is 1. The third-order valence-electron chi connectivity index (χ3n) is 3.11. The summed E-state index contributed by atoms with van der Waals surface area (Å²) < 4.78 is 0.625. The molecule has 0 saturated carbocycles. The SMILES string of the molecule is O=C(Nc1nc2c(s1)CCCCC2)c1ccc(Cl)s1. The first kappa shape index (κ1) is 13.1. The first-order valence-corrected chi connectivity index (χ1v) is 8.29. The Hall–Kier alpha value is -0.910. The van der Waals surface area contributed by atoms with Crippen LogP contribution in [0.4, 0.5) is 5.13 Å². The highest BCUT2D eigenvalue weighted by Gasteiger charge is 2.16. The molecule has 0 aliphatic heterocycles. The summed E-state index contributed by atoms with van der Waals surface area (Å²) in [7, 11) is 0. The Balaban J connectivity index is 1.75. The first-order chi connectivity index (χ1) is 9.22. The Morgan fingerprint density at radius 1 is 1.21 bits per heavy atom. The van der Waals surface area contributed by atoms with Crippen LogP contribution in [0.3, 0.4) is 0 Å². The summed E-state index contributed by atoms with van der Waals surface area (Å²) in [6.07, 6.45) is 5.83. The maximum Gasteiger partial charge on any atom is 0.267 e. The second-order valence-corrected chi connectivity index (χ2v) is 7.31. The maximum atomic E-state index is 12.0. The minimum atomic E-state index is -0.124. The second kappa shape index (κ2) is 5.61. The summed E-state index contributed by atoms with van der Waals surface area (Å²) in [5, 5.41) is 3.58. The highest BCUT2D eigenvalue weighted by Crippen LogP contribution is 2.30. The number of rotatable bonds is 2. The molecule has 0 fully saturated rings. The molecule has 1 amide bonds. The van der Waals surface area contributed by atoms with E-state index in [-0.39, 0.29) is 5.91 Å². The van der Waals surface area contributed by atoms with Gasteiger partial charge in [-0.2, -0.15) is 0 Å². The molecule has 1 aliphatic rings. The van der Waals surface area contributed by atoms with Crippen molar-refractivity contribution in [2.75, 3.05) is 5.32 Å². The predicted octanol–water partition coefficient (Wildman–Crippen LogP) is 4.38. The molecule has 0 bridgehead atoms. The van der Waals surface area contributed by atoms with Gasteiger partial charge in [-0.05, 0) is 37.8 Å². The fourth-order valence-corrected chi connectivity index (χ4v) is 4.16. The van der Waals surface area contributed by atoms with E-state index in [1.54, 1.807) is 23.5 Å². The number of anilines is 1. The number of nitrogens with zero attached hydrogens (tertiary/aromatic N) is 1. The molecule has 100 valence electrons.